The van der Waals surface area contributed by atoms with E-state index in [9.17, 15) is 4.79 Å². The smallest absolute Gasteiger partial charge is 0.261 e. The van der Waals surface area contributed by atoms with Crippen LogP contribution in [0, 0.1) is 3.57 Å². The van der Waals surface area contributed by atoms with E-state index in [0.29, 0.717) is 17.9 Å². The monoisotopic (exact) mass is 504 g/mol. The van der Waals surface area contributed by atoms with E-state index < -0.39 is 0 Å². The highest BCUT2D eigenvalue weighted by molar-refractivity contribution is 14.1. The van der Waals surface area contributed by atoms with Crippen molar-refractivity contribution in [2.24, 2.45) is 0 Å². The number of nitrogens with one attached hydrogen (secondary N) is 2. The van der Waals surface area contributed by atoms with Crippen molar-refractivity contribution in [3.05, 3.63) is 56.1 Å². The van der Waals surface area contributed by atoms with Gasteiger partial charge in [-0.3, -0.25) is 10.1 Å². The number of ether oxygens (including phenoxy) is 1. The predicted octanol–water partition coefficient (Wildman–Crippen LogP) is 4.58. The lowest BCUT2D eigenvalue weighted by molar-refractivity contribution is 0.0974. The van der Waals surface area contributed by atoms with Crippen molar-refractivity contribution in [3.8, 4) is 5.75 Å². The lowest BCUT2D eigenvalue weighted by atomic mass is 10.2. The van der Waals surface area contributed by atoms with Crippen molar-refractivity contribution in [1.82, 2.24) is 5.32 Å². The van der Waals surface area contributed by atoms with Crippen LogP contribution in [-0.4, -0.2) is 17.6 Å². The molecule has 0 aliphatic rings. The minimum atomic E-state index is -0.307. The van der Waals surface area contributed by atoms with Crippen LogP contribution in [-0.2, 0) is 0 Å². The van der Waals surface area contributed by atoms with E-state index in [-0.39, 0.29) is 11.0 Å². The summed E-state index contributed by atoms with van der Waals surface area (Å²) in [6, 6.07) is 12.8. The van der Waals surface area contributed by atoms with Gasteiger partial charge in [0.25, 0.3) is 5.91 Å². The van der Waals surface area contributed by atoms with Gasteiger partial charge in [-0.15, -0.1) is 0 Å². The molecule has 0 fully saturated rings. The summed E-state index contributed by atoms with van der Waals surface area (Å²) in [6.07, 6.45) is 0. The van der Waals surface area contributed by atoms with Gasteiger partial charge in [-0.25, -0.2) is 0 Å². The first-order valence-electron chi connectivity index (χ1n) is 6.80. The fourth-order valence-electron chi connectivity index (χ4n) is 1.85. The van der Waals surface area contributed by atoms with E-state index in [4.69, 9.17) is 17.0 Å². The first-order chi connectivity index (χ1) is 11.0. The molecule has 7 heteroatoms. The summed E-state index contributed by atoms with van der Waals surface area (Å²) in [5.41, 5.74) is 1.28. The predicted molar refractivity (Wildman–Crippen MR) is 108 cm³/mol. The van der Waals surface area contributed by atoms with Crippen molar-refractivity contribution in [2.75, 3.05) is 11.9 Å². The molecule has 0 bridgehead atoms. The van der Waals surface area contributed by atoms with Crippen LogP contribution in [0.1, 0.15) is 17.3 Å². The van der Waals surface area contributed by atoms with Crippen LogP contribution in [0.2, 0.25) is 0 Å². The van der Waals surface area contributed by atoms with Gasteiger partial charge in [-0.2, -0.15) is 0 Å². The number of anilines is 1. The molecule has 0 unspecified atom stereocenters. The first kappa shape index (κ1) is 18.2. The zero-order valence-corrected chi connectivity index (χ0v) is 16.8. The number of para-hydroxylation sites is 1. The average Bonchev–Trinajstić information content (AvgIpc) is 2.51. The van der Waals surface area contributed by atoms with Crippen molar-refractivity contribution < 1.29 is 9.53 Å². The molecule has 0 heterocycles. The van der Waals surface area contributed by atoms with E-state index in [0.717, 1.165) is 13.7 Å². The number of carbonyl (C=O) groups is 1. The van der Waals surface area contributed by atoms with E-state index >= 15 is 0 Å². The molecule has 23 heavy (non-hydrogen) atoms. The molecule has 2 aromatic rings. The Morgan fingerprint density at radius 1 is 1.30 bits per heavy atom. The Bertz CT molecular complexity index is 740. The maximum absolute atomic E-state index is 12.4. The quantitative estimate of drug-likeness (QED) is 0.472. The Morgan fingerprint density at radius 2 is 2.04 bits per heavy atom. The van der Waals surface area contributed by atoms with E-state index in [2.05, 4.69) is 49.2 Å². The highest BCUT2D eigenvalue weighted by Gasteiger charge is 2.13. The molecule has 0 spiro atoms. The number of benzene rings is 2. The topological polar surface area (TPSA) is 50.4 Å². The second-order valence-electron chi connectivity index (χ2n) is 4.46. The summed E-state index contributed by atoms with van der Waals surface area (Å²) in [6.45, 7) is 2.36. The number of carbonyl (C=O) groups excluding carboxylic acids is 1. The van der Waals surface area contributed by atoms with E-state index in [1.54, 1.807) is 18.2 Å². The first-order valence-corrected chi connectivity index (χ1v) is 9.08. The van der Waals surface area contributed by atoms with Crippen molar-refractivity contribution >= 4 is 67.4 Å². The third-order valence-corrected chi connectivity index (χ3v) is 4.43. The Hall–Kier alpha value is -1.19. The Morgan fingerprint density at radius 3 is 2.74 bits per heavy atom. The standard InChI is InChI=1S/C16H14BrIN2O2S/c1-2-22-14-6-4-3-5-11(14)15(21)20-16(23)19-13-8-7-10(17)9-12(13)18/h3-9H,2H2,1H3,(H2,19,20,21,23). The van der Waals surface area contributed by atoms with E-state index in [1.165, 1.54) is 0 Å². The van der Waals surface area contributed by atoms with Gasteiger partial charge < -0.3 is 10.1 Å². The van der Waals surface area contributed by atoms with Crippen LogP contribution in [0.15, 0.2) is 46.9 Å². The zero-order valence-electron chi connectivity index (χ0n) is 12.2. The zero-order chi connectivity index (χ0) is 16.8. The van der Waals surface area contributed by atoms with Crippen LogP contribution >= 0.6 is 50.7 Å². The molecule has 0 aliphatic carbocycles. The summed E-state index contributed by atoms with van der Waals surface area (Å²) in [5.74, 6) is 0.229. The highest BCUT2D eigenvalue weighted by atomic mass is 127. The van der Waals surface area contributed by atoms with Crippen LogP contribution in [0.4, 0.5) is 5.69 Å². The van der Waals surface area contributed by atoms with Gasteiger partial charge in [0.05, 0.1) is 17.9 Å². The molecule has 2 N–H and O–H groups in total. The molecule has 0 atom stereocenters. The minimum Gasteiger partial charge on any atom is -0.493 e. The minimum absolute atomic E-state index is 0.238. The molecular formula is C16H14BrIN2O2S. The number of thiocarbonyl (C=S) groups is 1. The van der Waals surface area contributed by atoms with Gasteiger partial charge >= 0.3 is 0 Å². The third-order valence-electron chi connectivity index (χ3n) is 2.84. The number of rotatable bonds is 4. The fraction of sp³-hybridized carbons (Fsp3) is 0.125. The van der Waals surface area contributed by atoms with Gasteiger partial charge in [0.2, 0.25) is 0 Å². The molecule has 4 nitrogen and oxygen atoms in total. The molecule has 2 rings (SSSR count). The van der Waals surface area contributed by atoms with E-state index in [1.807, 2.05) is 31.2 Å². The van der Waals surface area contributed by atoms with Gasteiger partial charge in [0.15, 0.2) is 5.11 Å². The maximum atomic E-state index is 12.4. The summed E-state index contributed by atoms with van der Waals surface area (Å²) in [7, 11) is 0. The second kappa shape index (κ2) is 8.60. The van der Waals surface area contributed by atoms with Crippen molar-refractivity contribution in [2.45, 2.75) is 6.92 Å². The summed E-state index contributed by atoms with van der Waals surface area (Å²) in [5, 5.41) is 5.93. The van der Waals surface area contributed by atoms with Crippen LogP contribution in [0.3, 0.4) is 0 Å². The second-order valence-corrected chi connectivity index (χ2v) is 6.95. The Kier molecular flexibility index (Phi) is 6.79. The van der Waals surface area contributed by atoms with Crippen LogP contribution in [0.5, 0.6) is 5.75 Å². The van der Waals surface area contributed by atoms with Crippen LogP contribution < -0.4 is 15.4 Å². The fourth-order valence-corrected chi connectivity index (χ4v) is 3.49. The van der Waals surface area contributed by atoms with Gasteiger partial charge in [-0.05, 0) is 72.1 Å². The molecular weight excluding hydrogens is 491 g/mol. The molecule has 120 valence electrons. The average molecular weight is 505 g/mol. The van der Waals surface area contributed by atoms with Crippen molar-refractivity contribution in [1.29, 1.82) is 0 Å². The van der Waals surface area contributed by atoms with Gasteiger partial charge in [0.1, 0.15) is 5.75 Å². The number of halogens is 2. The SMILES string of the molecule is CCOc1ccccc1C(=O)NC(=S)Nc1ccc(Br)cc1I. The largest absolute Gasteiger partial charge is 0.493 e. The highest BCUT2D eigenvalue weighted by Crippen LogP contribution is 2.23. The molecule has 0 aromatic heterocycles. The maximum Gasteiger partial charge on any atom is 0.261 e. The lowest BCUT2D eigenvalue weighted by Crippen LogP contribution is -2.34. The lowest BCUT2D eigenvalue weighted by Gasteiger charge is -2.13. The molecule has 0 radical (unpaired) electrons. The molecule has 0 aliphatic heterocycles. The Balaban J connectivity index is 2.07. The molecule has 0 saturated carbocycles. The van der Waals surface area contributed by atoms with Crippen LogP contribution in [0.25, 0.3) is 0 Å². The number of amides is 1. The Labute approximate surface area is 162 Å². The number of hydrogen-bond donors (Lipinski definition) is 2. The van der Waals surface area contributed by atoms with Gasteiger partial charge in [0, 0.05) is 8.04 Å². The summed E-state index contributed by atoms with van der Waals surface area (Å²) in [4.78, 5) is 12.4. The van der Waals surface area contributed by atoms with Crippen molar-refractivity contribution in [3.63, 3.8) is 0 Å². The summed E-state index contributed by atoms with van der Waals surface area (Å²) >= 11 is 10.8. The summed E-state index contributed by atoms with van der Waals surface area (Å²) < 4.78 is 7.43. The van der Waals surface area contributed by atoms with Gasteiger partial charge in [-0.1, -0.05) is 28.1 Å². The molecule has 1 amide bonds. The molecule has 2 aromatic carbocycles. The normalized spacial score (nSPS) is 10.0. The molecule has 0 saturated heterocycles. The number of hydrogen-bond acceptors (Lipinski definition) is 3. The third kappa shape index (κ3) is 5.15.